The van der Waals surface area contributed by atoms with E-state index in [-0.39, 0.29) is 5.54 Å². The van der Waals surface area contributed by atoms with Gasteiger partial charge < -0.3 is 14.3 Å². The molecule has 1 fully saturated rings. The van der Waals surface area contributed by atoms with Gasteiger partial charge in [-0.15, -0.1) is 0 Å². The van der Waals surface area contributed by atoms with Gasteiger partial charge in [0.2, 0.25) is 0 Å². The Balaban J connectivity index is 0.000000262. The summed E-state index contributed by atoms with van der Waals surface area (Å²) in [6.07, 6.45) is 2.08. The van der Waals surface area contributed by atoms with Gasteiger partial charge in [-0.05, 0) is 29.8 Å². The minimum atomic E-state index is -0.359. The standard InChI is InChI=1S/C12H12BrNO.C8H6BrN.C4H8Br2O/c1-14-12(5-7-15-8-6-12)10-3-2-4-11(13)9-10;9-8-3-1-2-7(6-8)4-5-10;5-1-3-7-4-2-6/h2-4,9H,5-8H2;1-3,6H,4H2;1-4H2. The van der Waals surface area contributed by atoms with Crippen LogP contribution in [0.1, 0.15) is 24.0 Å². The summed E-state index contributed by atoms with van der Waals surface area (Å²) < 4.78 is 12.4. The second-order valence-electron chi connectivity index (χ2n) is 6.72. The highest BCUT2D eigenvalue weighted by Crippen LogP contribution is 2.37. The van der Waals surface area contributed by atoms with Gasteiger partial charge in [-0.3, -0.25) is 0 Å². The molecule has 1 saturated heterocycles. The van der Waals surface area contributed by atoms with Gasteiger partial charge in [-0.2, -0.15) is 5.26 Å². The molecular weight excluding hydrogens is 668 g/mol. The lowest BCUT2D eigenvalue weighted by molar-refractivity contribution is 0.0646. The molecule has 1 heterocycles. The quantitative estimate of drug-likeness (QED) is 0.177. The minimum Gasteiger partial charge on any atom is -0.381 e. The number of hydrogen-bond donors (Lipinski definition) is 0. The summed E-state index contributed by atoms with van der Waals surface area (Å²) in [5, 5.41) is 10.2. The predicted molar refractivity (Wildman–Crippen MR) is 144 cm³/mol. The van der Waals surface area contributed by atoms with Crippen LogP contribution in [0.5, 0.6) is 0 Å². The zero-order valence-electron chi connectivity index (χ0n) is 17.7. The van der Waals surface area contributed by atoms with Crippen LogP contribution in [0.3, 0.4) is 0 Å². The van der Waals surface area contributed by atoms with Gasteiger partial charge in [0.1, 0.15) is 0 Å². The van der Waals surface area contributed by atoms with Crippen molar-refractivity contribution in [2.24, 2.45) is 0 Å². The van der Waals surface area contributed by atoms with Gasteiger partial charge in [0, 0.05) is 25.2 Å². The third-order valence-corrected chi connectivity index (χ3v) is 6.15. The summed E-state index contributed by atoms with van der Waals surface area (Å²) in [6, 6.07) is 17.9. The SMILES string of the molecule is BrCCOCCBr.N#CCc1cccc(Br)c1.[C-]#[N+]C1(c2cccc(Br)c2)CCOCC1. The Bertz CT molecular complexity index is 871. The molecule has 8 heteroatoms. The molecule has 1 aliphatic heterocycles. The number of hydrogen-bond acceptors (Lipinski definition) is 3. The Morgan fingerprint density at radius 1 is 1.00 bits per heavy atom. The van der Waals surface area contributed by atoms with Crippen molar-refractivity contribution in [1.29, 1.82) is 5.26 Å². The van der Waals surface area contributed by atoms with E-state index in [1.807, 2.05) is 48.5 Å². The van der Waals surface area contributed by atoms with Crippen LogP contribution < -0.4 is 0 Å². The van der Waals surface area contributed by atoms with E-state index in [1.54, 1.807) is 0 Å². The van der Waals surface area contributed by atoms with Gasteiger partial charge in [0.25, 0.3) is 5.54 Å². The topological polar surface area (TPSA) is 46.6 Å². The summed E-state index contributed by atoms with van der Waals surface area (Å²) in [6.45, 7) is 10.4. The molecule has 0 saturated carbocycles. The van der Waals surface area contributed by atoms with Crippen LogP contribution in [-0.4, -0.2) is 37.1 Å². The van der Waals surface area contributed by atoms with Crippen LogP contribution in [0.15, 0.2) is 57.5 Å². The average Bonchev–Trinajstić information content (AvgIpc) is 2.81. The predicted octanol–water partition coefficient (Wildman–Crippen LogP) is 7.68. The monoisotopic (exact) mass is 690 g/mol. The number of nitrogens with zero attached hydrogens (tertiary/aromatic N) is 2. The van der Waals surface area contributed by atoms with Crippen LogP contribution in [0.25, 0.3) is 4.85 Å². The molecule has 0 aromatic heterocycles. The molecule has 0 bridgehead atoms. The molecule has 2 aromatic carbocycles. The van der Waals surface area contributed by atoms with Crippen LogP contribution >= 0.6 is 63.7 Å². The number of nitriles is 1. The van der Waals surface area contributed by atoms with Gasteiger partial charge in [-0.1, -0.05) is 88.0 Å². The first-order valence-corrected chi connectivity index (χ1v) is 13.9. The number of rotatable bonds is 6. The molecule has 0 unspecified atom stereocenters. The lowest BCUT2D eigenvalue weighted by Crippen LogP contribution is -2.30. The summed E-state index contributed by atoms with van der Waals surface area (Å²) in [7, 11) is 0. The maximum atomic E-state index is 8.35. The molecule has 0 aliphatic carbocycles. The first-order valence-electron chi connectivity index (χ1n) is 10.0. The third kappa shape index (κ3) is 11.4. The van der Waals surface area contributed by atoms with Gasteiger partial charge >= 0.3 is 0 Å². The number of ether oxygens (including phenoxy) is 2. The Morgan fingerprint density at radius 2 is 1.59 bits per heavy atom. The Labute approximate surface area is 225 Å². The molecule has 3 rings (SSSR count). The van der Waals surface area contributed by atoms with E-state index < -0.39 is 0 Å². The van der Waals surface area contributed by atoms with Crippen LogP contribution in [0, 0.1) is 17.9 Å². The molecule has 0 amide bonds. The molecule has 0 N–H and O–H groups in total. The fourth-order valence-electron chi connectivity index (χ4n) is 2.90. The van der Waals surface area contributed by atoms with Crippen molar-refractivity contribution >= 4 is 63.7 Å². The fourth-order valence-corrected chi connectivity index (χ4v) is 4.21. The van der Waals surface area contributed by atoms with E-state index in [1.165, 1.54) is 0 Å². The van der Waals surface area contributed by atoms with Crippen LogP contribution in [0.4, 0.5) is 0 Å². The van der Waals surface area contributed by atoms with Crippen molar-refractivity contribution < 1.29 is 9.47 Å². The summed E-state index contributed by atoms with van der Waals surface area (Å²) >= 11 is 13.2. The van der Waals surface area contributed by atoms with Crippen LogP contribution in [-0.2, 0) is 21.4 Å². The van der Waals surface area contributed by atoms with E-state index in [2.05, 4.69) is 74.6 Å². The molecule has 1 aliphatic rings. The smallest absolute Gasteiger partial charge is 0.262 e. The zero-order chi connectivity index (χ0) is 23.7. The summed E-state index contributed by atoms with van der Waals surface area (Å²) in [5.74, 6) is 0. The first-order chi connectivity index (χ1) is 15.5. The highest BCUT2D eigenvalue weighted by Gasteiger charge is 2.40. The largest absolute Gasteiger partial charge is 0.381 e. The Kier molecular flexibility index (Phi) is 16.2. The van der Waals surface area contributed by atoms with Crippen LogP contribution in [0.2, 0.25) is 0 Å². The lowest BCUT2D eigenvalue weighted by Gasteiger charge is -2.26. The van der Waals surface area contributed by atoms with Gasteiger partial charge in [0.05, 0.1) is 51.8 Å². The first kappa shape index (κ1) is 29.3. The van der Waals surface area contributed by atoms with E-state index >= 15 is 0 Å². The molecule has 0 radical (unpaired) electrons. The zero-order valence-corrected chi connectivity index (χ0v) is 24.0. The third-order valence-electron chi connectivity index (χ3n) is 4.51. The molecule has 0 spiro atoms. The molecular formula is C24H26Br4N2O2. The van der Waals surface area contributed by atoms with E-state index in [4.69, 9.17) is 21.3 Å². The molecule has 32 heavy (non-hydrogen) atoms. The maximum absolute atomic E-state index is 8.35. The average molecular weight is 694 g/mol. The fraction of sp³-hybridized carbons (Fsp3) is 0.417. The molecule has 0 atom stereocenters. The Morgan fingerprint density at radius 3 is 2.09 bits per heavy atom. The van der Waals surface area contributed by atoms with E-state index in [0.717, 1.165) is 56.8 Å². The Hall–Kier alpha value is -0.740. The van der Waals surface area contributed by atoms with Gasteiger partial charge in [-0.25, -0.2) is 6.57 Å². The van der Waals surface area contributed by atoms with Crippen molar-refractivity contribution in [3.63, 3.8) is 0 Å². The molecule has 4 nitrogen and oxygen atoms in total. The molecule has 2 aromatic rings. The van der Waals surface area contributed by atoms with Crippen molar-refractivity contribution in [1.82, 2.24) is 0 Å². The second-order valence-corrected chi connectivity index (χ2v) is 10.1. The maximum Gasteiger partial charge on any atom is 0.262 e. The number of alkyl halides is 2. The van der Waals surface area contributed by atoms with Crippen molar-refractivity contribution in [2.45, 2.75) is 24.8 Å². The summed E-state index contributed by atoms with van der Waals surface area (Å²) in [5.41, 5.74) is 1.80. The minimum absolute atomic E-state index is 0.359. The number of benzene rings is 2. The van der Waals surface area contributed by atoms with Crippen molar-refractivity contribution in [3.8, 4) is 6.07 Å². The number of halogens is 4. The lowest BCUT2D eigenvalue weighted by atomic mass is 9.84. The highest BCUT2D eigenvalue weighted by atomic mass is 79.9. The van der Waals surface area contributed by atoms with Crippen molar-refractivity contribution in [2.75, 3.05) is 37.1 Å². The van der Waals surface area contributed by atoms with Crippen molar-refractivity contribution in [3.05, 3.63) is 80.0 Å². The van der Waals surface area contributed by atoms with E-state index in [9.17, 15) is 0 Å². The second kappa shape index (κ2) is 17.7. The summed E-state index contributed by atoms with van der Waals surface area (Å²) in [4.78, 5) is 3.84. The van der Waals surface area contributed by atoms with E-state index in [0.29, 0.717) is 19.6 Å². The normalized spacial score (nSPS) is 13.9. The highest BCUT2D eigenvalue weighted by molar-refractivity contribution is 9.11. The molecule has 172 valence electrons. The van der Waals surface area contributed by atoms with Gasteiger partial charge in [0.15, 0.2) is 0 Å².